The Labute approximate surface area is 135 Å². The summed E-state index contributed by atoms with van der Waals surface area (Å²) in [5.74, 6) is 0. The Hall–Kier alpha value is -2.20. The Bertz CT molecular complexity index is 651. The highest BCUT2D eigenvalue weighted by Gasteiger charge is 2.12. The Morgan fingerprint density at radius 1 is 0.955 bits per heavy atom. The largest absolute Gasteiger partial charge is 0.372 e. The number of hydrogen-bond acceptors (Lipinski definition) is 2. The smallest absolute Gasteiger partial charge is 0.323 e. The number of nitrogens with zero attached hydrogens (tertiary/aromatic N) is 1. The number of carbonyl (C=O) groups excluding carboxylic acids is 1. The van der Waals surface area contributed by atoms with Gasteiger partial charge >= 0.3 is 6.03 Å². The monoisotopic (exact) mass is 315 g/mol. The summed E-state index contributed by atoms with van der Waals surface area (Å²) >= 11 is 6.02. The number of hydrogen-bond donors (Lipinski definition) is 2. The van der Waals surface area contributed by atoms with Crippen molar-refractivity contribution in [2.45, 2.75) is 12.8 Å². The first-order valence-electron chi connectivity index (χ1n) is 7.40. The van der Waals surface area contributed by atoms with E-state index in [1.165, 1.54) is 18.5 Å². The SMILES string of the molecule is O=C(Nc1ccc(N2CCCC2)cc1)Nc1ccccc1Cl. The molecule has 2 aromatic carbocycles. The normalized spacial score (nSPS) is 14.0. The van der Waals surface area contributed by atoms with Gasteiger partial charge in [-0.05, 0) is 49.2 Å². The zero-order valence-electron chi connectivity index (χ0n) is 12.2. The third kappa shape index (κ3) is 3.52. The molecule has 114 valence electrons. The second-order valence-corrected chi connectivity index (χ2v) is 5.71. The summed E-state index contributed by atoms with van der Waals surface area (Å²) < 4.78 is 0. The molecule has 0 spiro atoms. The molecule has 0 unspecified atom stereocenters. The highest BCUT2D eigenvalue weighted by molar-refractivity contribution is 6.33. The highest BCUT2D eigenvalue weighted by Crippen LogP contribution is 2.23. The van der Waals surface area contributed by atoms with Crippen LogP contribution in [0.1, 0.15) is 12.8 Å². The summed E-state index contributed by atoms with van der Waals surface area (Å²) in [6.45, 7) is 2.22. The average Bonchev–Trinajstić information content (AvgIpc) is 3.05. The van der Waals surface area contributed by atoms with E-state index in [0.29, 0.717) is 10.7 Å². The van der Waals surface area contributed by atoms with Crippen molar-refractivity contribution in [1.82, 2.24) is 0 Å². The van der Waals surface area contributed by atoms with Crippen molar-refractivity contribution in [3.05, 3.63) is 53.6 Å². The van der Waals surface area contributed by atoms with Crippen LogP contribution >= 0.6 is 11.6 Å². The molecule has 1 aliphatic rings. The Morgan fingerprint density at radius 2 is 1.64 bits per heavy atom. The van der Waals surface area contributed by atoms with Gasteiger partial charge in [0, 0.05) is 24.5 Å². The molecule has 5 heteroatoms. The minimum atomic E-state index is -0.304. The minimum Gasteiger partial charge on any atom is -0.372 e. The molecule has 1 fully saturated rings. The van der Waals surface area contributed by atoms with Crippen LogP contribution in [0.15, 0.2) is 48.5 Å². The van der Waals surface area contributed by atoms with Gasteiger partial charge in [0.25, 0.3) is 0 Å². The van der Waals surface area contributed by atoms with Gasteiger partial charge in [-0.15, -0.1) is 0 Å². The minimum absolute atomic E-state index is 0.304. The molecule has 0 aromatic heterocycles. The number of benzene rings is 2. The Kier molecular flexibility index (Phi) is 4.49. The predicted octanol–water partition coefficient (Wildman–Crippen LogP) is 4.58. The number of carbonyl (C=O) groups is 1. The third-order valence-electron chi connectivity index (χ3n) is 3.72. The van der Waals surface area contributed by atoms with E-state index in [2.05, 4.69) is 15.5 Å². The molecule has 2 aromatic rings. The number of rotatable bonds is 3. The van der Waals surface area contributed by atoms with Crippen LogP contribution in [0.5, 0.6) is 0 Å². The van der Waals surface area contributed by atoms with Gasteiger partial charge in [0.15, 0.2) is 0 Å². The van der Waals surface area contributed by atoms with E-state index in [-0.39, 0.29) is 6.03 Å². The van der Waals surface area contributed by atoms with Crippen LogP contribution in [-0.4, -0.2) is 19.1 Å². The topological polar surface area (TPSA) is 44.4 Å². The highest BCUT2D eigenvalue weighted by atomic mass is 35.5. The van der Waals surface area contributed by atoms with Crippen LogP contribution in [-0.2, 0) is 0 Å². The number of nitrogens with one attached hydrogen (secondary N) is 2. The van der Waals surface area contributed by atoms with Crippen LogP contribution in [0.2, 0.25) is 5.02 Å². The fourth-order valence-electron chi connectivity index (χ4n) is 2.58. The van der Waals surface area contributed by atoms with Crippen molar-refractivity contribution in [2.24, 2.45) is 0 Å². The second-order valence-electron chi connectivity index (χ2n) is 5.30. The molecule has 3 rings (SSSR count). The average molecular weight is 316 g/mol. The zero-order valence-corrected chi connectivity index (χ0v) is 12.9. The molecule has 0 saturated carbocycles. The van der Waals surface area contributed by atoms with E-state index < -0.39 is 0 Å². The number of para-hydroxylation sites is 1. The molecular weight excluding hydrogens is 298 g/mol. The first kappa shape index (κ1) is 14.7. The summed E-state index contributed by atoms with van der Waals surface area (Å²) in [7, 11) is 0. The maximum absolute atomic E-state index is 12.0. The van der Waals surface area contributed by atoms with Gasteiger partial charge in [0.2, 0.25) is 0 Å². The summed E-state index contributed by atoms with van der Waals surface area (Å²) in [4.78, 5) is 14.3. The lowest BCUT2D eigenvalue weighted by molar-refractivity contribution is 0.262. The summed E-state index contributed by atoms with van der Waals surface area (Å²) in [6.07, 6.45) is 2.50. The van der Waals surface area contributed by atoms with Crippen LogP contribution in [0, 0.1) is 0 Å². The molecule has 0 bridgehead atoms. The zero-order chi connectivity index (χ0) is 15.4. The van der Waals surface area contributed by atoms with Crippen LogP contribution in [0.25, 0.3) is 0 Å². The molecule has 1 heterocycles. The Morgan fingerprint density at radius 3 is 2.32 bits per heavy atom. The van der Waals surface area contributed by atoms with Crippen LogP contribution < -0.4 is 15.5 Å². The maximum Gasteiger partial charge on any atom is 0.323 e. The molecule has 0 atom stereocenters. The van der Waals surface area contributed by atoms with Crippen molar-refractivity contribution in [1.29, 1.82) is 0 Å². The first-order valence-corrected chi connectivity index (χ1v) is 7.78. The molecule has 0 aliphatic carbocycles. The predicted molar refractivity (Wildman–Crippen MR) is 92.0 cm³/mol. The van der Waals surface area contributed by atoms with E-state index in [4.69, 9.17) is 11.6 Å². The van der Waals surface area contributed by atoms with Gasteiger partial charge in [-0.25, -0.2) is 4.79 Å². The van der Waals surface area contributed by atoms with Crippen molar-refractivity contribution < 1.29 is 4.79 Å². The molecule has 2 N–H and O–H groups in total. The van der Waals surface area contributed by atoms with E-state index in [9.17, 15) is 4.79 Å². The molecular formula is C17H18ClN3O. The van der Waals surface area contributed by atoms with Crippen LogP contribution in [0.4, 0.5) is 21.9 Å². The van der Waals surface area contributed by atoms with Gasteiger partial charge < -0.3 is 15.5 Å². The van der Waals surface area contributed by atoms with E-state index in [1.807, 2.05) is 36.4 Å². The number of urea groups is 1. The molecule has 2 amide bonds. The summed E-state index contributed by atoms with van der Waals surface area (Å²) in [5, 5.41) is 6.06. The lowest BCUT2D eigenvalue weighted by Gasteiger charge is -2.17. The van der Waals surface area contributed by atoms with Gasteiger partial charge in [-0.3, -0.25) is 0 Å². The molecule has 0 radical (unpaired) electrons. The lowest BCUT2D eigenvalue weighted by Crippen LogP contribution is -2.20. The van der Waals surface area contributed by atoms with Crippen LogP contribution in [0.3, 0.4) is 0 Å². The first-order chi connectivity index (χ1) is 10.7. The molecule has 4 nitrogen and oxygen atoms in total. The van der Waals surface area contributed by atoms with Gasteiger partial charge in [-0.2, -0.15) is 0 Å². The maximum atomic E-state index is 12.0. The van der Waals surface area contributed by atoms with E-state index >= 15 is 0 Å². The van der Waals surface area contributed by atoms with Gasteiger partial charge in [-0.1, -0.05) is 23.7 Å². The molecule has 1 saturated heterocycles. The summed E-state index contributed by atoms with van der Waals surface area (Å²) in [5.41, 5.74) is 2.55. The number of amides is 2. The second kappa shape index (κ2) is 6.71. The van der Waals surface area contributed by atoms with Gasteiger partial charge in [0.1, 0.15) is 0 Å². The number of halogens is 1. The van der Waals surface area contributed by atoms with E-state index in [1.54, 1.807) is 12.1 Å². The van der Waals surface area contributed by atoms with Gasteiger partial charge in [0.05, 0.1) is 10.7 Å². The van der Waals surface area contributed by atoms with Crippen molar-refractivity contribution in [2.75, 3.05) is 28.6 Å². The van der Waals surface area contributed by atoms with Crippen molar-refractivity contribution >= 4 is 34.7 Å². The molecule has 22 heavy (non-hydrogen) atoms. The number of anilines is 3. The summed E-state index contributed by atoms with van der Waals surface area (Å²) in [6, 6.07) is 14.8. The quantitative estimate of drug-likeness (QED) is 0.870. The van der Waals surface area contributed by atoms with E-state index in [0.717, 1.165) is 18.8 Å². The molecule has 1 aliphatic heterocycles. The van der Waals surface area contributed by atoms with Crippen molar-refractivity contribution in [3.63, 3.8) is 0 Å². The van der Waals surface area contributed by atoms with Crippen molar-refractivity contribution in [3.8, 4) is 0 Å². The Balaban J connectivity index is 1.60. The fourth-order valence-corrected chi connectivity index (χ4v) is 2.76. The third-order valence-corrected chi connectivity index (χ3v) is 4.05. The lowest BCUT2D eigenvalue weighted by atomic mass is 10.2. The fraction of sp³-hybridized carbons (Fsp3) is 0.235. The standard InChI is InChI=1S/C17H18ClN3O/c18-15-5-1-2-6-16(15)20-17(22)19-13-7-9-14(10-8-13)21-11-3-4-12-21/h1-2,5-10H,3-4,11-12H2,(H2,19,20,22).